The fourth-order valence-corrected chi connectivity index (χ4v) is 6.56. The third kappa shape index (κ3) is 3.45. The molecule has 4 rings (SSSR count). The fourth-order valence-electron chi connectivity index (χ4n) is 6.56. The summed E-state index contributed by atoms with van der Waals surface area (Å²) in [5, 5.41) is 0. The van der Waals surface area contributed by atoms with Gasteiger partial charge in [-0.1, -0.05) is 32.4 Å². The lowest BCUT2D eigenvalue weighted by molar-refractivity contribution is -0.163. The molecule has 2 saturated heterocycles. The Kier molecular flexibility index (Phi) is 5.65. The minimum atomic E-state index is -0.250. The van der Waals surface area contributed by atoms with Crippen molar-refractivity contribution < 1.29 is 19.0 Å². The van der Waals surface area contributed by atoms with Gasteiger partial charge in [-0.05, 0) is 69.6 Å². The van der Waals surface area contributed by atoms with E-state index in [1.807, 2.05) is 6.92 Å². The van der Waals surface area contributed by atoms with Gasteiger partial charge in [-0.15, -0.1) is 0 Å². The largest absolute Gasteiger partial charge is 0.462 e. The average Bonchev–Trinajstić information content (AvgIpc) is 2.99. The van der Waals surface area contributed by atoms with Gasteiger partial charge in [-0.3, -0.25) is 4.79 Å². The first-order chi connectivity index (χ1) is 13.3. The number of hydrogen-bond acceptors (Lipinski definition) is 4. The molecule has 0 aromatic carbocycles. The van der Waals surface area contributed by atoms with Crippen molar-refractivity contribution in [2.75, 3.05) is 6.61 Å². The predicted molar refractivity (Wildman–Crippen MR) is 109 cm³/mol. The van der Waals surface area contributed by atoms with E-state index in [-0.39, 0.29) is 35.8 Å². The number of esters is 1. The zero-order valence-electron chi connectivity index (χ0n) is 18.3. The molecule has 0 unspecified atom stereocenters. The molecule has 3 heterocycles. The van der Waals surface area contributed by atoms with Gasteiger partial charge in [0.25, 0.3) is 0 Å². The van der Waals surface area contributed by atoms with Crippen LogP contribution in [0.2, 0.25) is 0 Å². The molecule has 1 aliphatic carbocycles. The van der Waals surface area contributed by atoms with E-state index in [9.17, 15) is 4.79 Å². The van der Waals surface area contributed by atoms with Gasteiger partial charge in [-0.25, -0.2) is 0 Å². The van der Waals surface area contributed by atoms with E-state index in [0.717, 1.165) is 38.7 Å². The quantitative estimate of drug-likeness (QED) is 0.507. The molecule has 2 bridgehead atoms. The molecule has 158 valence electrons. The molecular formula is C24H38O4. The fraction of sp³-hybridized carbons (Fsp3) is 0.875. The van der Waals surface area contributed by atoms with E-state index in [2.05, 4.69) is 33.8 Å². The van der Waals surface area contributed by atoms with Crippen LogP contribution in [0, 0.1) is 29.6 Å². The van der Waals surface area contributed by atoms with Crippen molar-refractivity contribution in [1.29, 1.82) is 0 Å². The molecule has 1 saturated carbocycles. The second-order valence-corrected chi connectivity index (χ2v) is 10.2. The van der Waals surface area contributed by atoms with Gasteiger partial charge in [0.2, 0.25) is 0 Å². The van der Waals surface area contributed by atoms with Crippen LogP contribution in [-0.4, -0.2) is 36.5 Å². The van der Waals surface area contributed by atoms with Crippen molar-refractivity contribution >= 4 is 5.97 Å². The van der Waals surface area contributed by atoms with Crippen LogP contribution in [-0.2, 0) is 19.0 Å². The summed E-state index contributed by atoms with van der Waals surface area (Å²) in [6.45, 7) is 11.9. The molecule has 28 heavy (non-hydrogen) atoms. The summed E-state index contributed by atoms with van der Waals surface area (Å²) in [5.41, 5.74) is 1.15. The maximum Gasteiger partial charge on any atom is 0.306 e. The molecule has 9 atom stereocenters. The van der Waals surface area contributed by atoms with Crippen LogP contribution in [0.1, 0.15) is 73.1 Å². The summed E-state index contributed by atoms with van der Waals surface area (Å²) in [6, 6.07) is 0. The maximum absolute atomic E-state index is 12.4. The Balaban J connectivity index is 1.74. The molecule has 4 heteroatoms. The van der Waals surface area contributed by atoms with Crippen LogP contribution in [0.15, 0.2) is 11.6 Å². The number of allylic oxidation sites excluding steroid dienone is 1. The molecule has 0 N–H and O–H groups in total. The van der Waals surface area contributed by atoms with Crippen molar-refractivity contribution in [3.8, 4) is 0 Å². The zero-order chi connectivity index (χ0) is 20.1. The summed E-state index contributed by atoms with van der Waals surface area (Å²) in [6.07, 6.45) is 8.02. The van der Waals surface area contributed by atoms with Crippen LogP contribution >= 0.6 is 0 Å². The molecule has 0 spiro atoms. The number of ether oxygens (including phenoxy) is 3. The lowest BCUT2D eigenvalue weighted by Crippen LogP contribution is -2.52. The molecule has 3 fully saturated rings. The normalized spacial score (nSPS) is 49.8. The van der Waals surface area contributed by atoms with Gasteiger partial charge >= 0.3 is 5.97 Å². The number of carbonyl (C=O) groups excluding carboxylic acids is 1. The highest BCUT2D eigenvalue weighted by Gasteiger charge is 2.62. The topological polar surface area (TPSA) is 44.8 Å². The SMILES string of the molecule is CCCC(=O)O[C@H]1[C@@H]2[C@@H]3[C@@H](C[C@H]1C)[C@@H](C)CO[C@@]1(C)CC/C=C(\C)C[C@@H]2O[C@@H]31. The molecule has 0 aromatic rings. The summed E-state index contributed by atoms with van der Waals surface area (Å²) in [4.78, 5) is 12.4. The summed E-state index contributed by atoms with van der Waals surface area (Å²) in [5.74, 6) is 2.14. The van der Waals surface area contributed by atoms with Crippen molar-refractivity contribution in [3.05, 3.63) is 11.6 Å². The highest BCUT2D eigenvalue weighted by Crippen LogP contribution is 2.57. The number of hydrogen-bond donors (Lipinski definition) is 0. The van der Waals surface area contributed by atoms with Crippen LogP contribution < -0.4 is 0 Å². The van der Waals surface area contributed by atoms with Gasteiger partial charge in [0, 0.05) is 12.3 Å². The van der Waals surface area contributed by atoms with Crippen molar-refractivity contribution in [2.24, 2.45) is 29.6 Å². The predicted octanol–water partition coefficient (Wildman–Crippen LogP) is 4.91. The van der Waals surface area contributed by atoms with Crippen molar-refractivity contribution in [1.82, 2.24) is 0 Å². The van der Waals surface area contributed by atoms with Gasteiger partial charge in [0.1, 0.15) is 6.10 Å². The van der Waals surface area contributed by atoms with E-state index < -0.39 is 0 Å². The van der Waals surface area contributed by atoms with Crippen molar-refractivity contribution in [3.63, 3.8) is 0 Å². The molecule has 4 nitrogen and oxygen atoms in total. The summed E-state index contributed by atoms with van der Waals surface area (Å²) < 4.78 is 19.5. The first-order valence-electron chi connectivity index (χ1n) is 11.5. The van der Waals surface area contributed by atoms with E-state index in [1.165, 1.54) is 5.57 Å². The Morgan fingerprint density at radius 1 is 1.29 bits per heavy atom. The summed E-state index contributed by atoms with van der Waals surface area (Å²) >= 11 is 0. The second kappa shape index (κ2) is 7.75. The van der Waals surface area contributed by atoms with Crippen LogP contribution in [0.3, 0.4) is 0 Å². The Morgan fingerprint density at radius 3 is 2.82 bits per heavy atom. The highest BCUT2D eigenvalue weighted by atomic mass is 16.6. The third-order valence-electron chi connectivity index (χ3n) is 8.01. The Hall–Kier alpha value is -0.870. The Morgan fingerprint density at radius 2 is 2.07 bits per heavy atom. The number of fused-ring (bicyclic) bond motifs is 2. The van der Waals surface area contributed by atoms with Gasteiger partial charge < -0.3 is 14.2 Å². The lowest BCUT2D eigenvalue weighted by atomic mass is 9.59. The van der Waals surface area contributed by atoms with Crippen molar-refractivity contribution in [2.45, 2.75) is 97.1 Å². The monoisotopic (exact) mass is 390 g/mol. The molecule has 0 aromatic heterocycles. The van der Waals surface area contributed by atoms with E-state index in [0.29, 0.717) is 30.1 Å². The van der Waals surface area contributed by atoms with E-state index >= 15 is 0 Å². The minimum absolute atomic E-state index is 0.0305. The Bertz CT molecular complexity index is 628. The van der Waals surface area contributed by atoms with Crippen LogP contribution in [0.25, 0.3) is 0 Å². The Labute approximate surface area is 170 Å². The third-order valence-corrected chi connectivity index (χ3v) is 8.01. The number of carbonyl (C=O) groups is 1. The molecule has 0 radical (unpaired) electrons. The van der Waals surface area contributed by atoms with E-state index in [4.69, 9.17) is 14.2 Å². The molecule has 3 aliphatic heterocycles. The molecule has 4 aliphatic rings. The van der Waals surface area contributed by atoms with Gasteiger partial charge in [0.15, 0.2) is 0 Å². The smallest absolute Gasteiger partial charge is 0.306 e. The van der Waals surface area contributed by atoms with Crippen LogP contribution in [0.5, 0.6) is 0 Å². The van der Waals surface area contributed by atoms with Gasteiger partial charge in [-0.2, -0.15) is 0 Å². The first kappa shape index (κ1) is 20.4. The highest BCUT2D eigenvalue weighted by molar-refractivity contribution is 5.69. The summed E-state index contributed by atoms with van der Waals surface area (Å²) in [7, 11) is 0. The zero-order valence-corrected chi connectivity index (χ0v) is 18.3. The van der Waals surface area contributed by atoms with E-state index in [1.54, 1.807) is 0 Å². The second-order valence-electron chi connectivity index (χ2n) is 10.2. The molecule has 0 amide bonds. The molecular weight excluding hydrogens is 352 g/mol. The minimum Gasteiger partial charge on any atom is -0.462 e. The van der Waals surface area contributed by atoms with Crippen LogP contribution in [0.4, 0.5) is 0 Å². The number of rotatable bonds is 3. The standard InChI is InChI=1S/C24H38O4/c1-6-8-19(25)28-22-15(3)12-17-16(4)13-26-24(5)10-7-9-14(2)11-18-21(22)20(17)23(24)27-18/h9,15-18,20-23H,6-8,10-13H2,1-5H3/b14-9+/t15-,16+,17+,18+,20+,21+,22-,23+,24+/m1/s1. The first-order valence-corrected chi connectivity index (χ1v) is 11.5. The van der Waals surface area contributed by atoms with Gasteiger partial charge in [0.05, 0.1) is 24.4 Å². The lowest BCUT2D eigenvalue weighted by Gasteiger charge is -2.46. The average molecular weight is 391 g/mol. The maximum atomic E-state index is 12.4.